The molecule has 0 aliphatic heterocycles. The van der Waals surface area contributed by atoms with Gasteiger partial charge in [0.05, 0.1) is 16.5 Å². The maximum Gasteiger partial charge on any atom is 0.294 e. The van der Waals surface area contributed by atoms with E-state index >= 15 is 0 Å². The second kappa shape index (κ2) is 11.2. The molecule has 0 saturated heterocycles. The quantitative estimate of drug-likeness (QED) is 0.411. The Morgan fingerprint density at radius 2 is 1.50 bits per heavy atom. The van der Waals surface area contributed by atoms with Crippen molar-refractivity contribution in [3.63, 3.8) is 0 Å². The summed E-state index contributed by atoms with van der Waals surface area (Å²) >= 11 is 0. The average Bonchev–Trinajstić information content (AvgIpc) is 2.55. The predicted molar refractivity (Wildman–Crippen MR) is 96.5 cm³/mol. The lowest BCUT2D eigenvalue weighted by Crippen LogP contribution is -2.00. The molecule has 0 unspecified atom stereocenters. The van der Waals surface area contributed by atoms with Crippen LogP contribution >= 0.6 is 0 Å². The van der Waals surface area contributed by atoms with Crippen molar-refractivity contribution in [2.24, 2.45) is 0 Å². The number of benzene rings is 1. The van der Waals surface area contributed by atoms with Gasteiger partial charge in [-0.25, -0.2) is 0 Å². The number of unbranched alkanes of at least 4 members (excludes halogenated alkanes) is 9. The lowest BCUT2D eigenvalue weighted by molar-refractivity contribution is 0.483. The van der Waals surface area contributed by atoms with Crippen molar-refractivity contribution in [2.45, 2.75) is 82.4 Å². The Morgan fingerprint density at radius 1 is 0.958 bits per heavy atom. The first-order valence-electron chi connectivity index (χ1n) is 8.99. The SMILES string of the molecule is CCCCCCCCCCCCc1ccc(S(=O)(=O)O)cc1C#N. The third-order valence-corrected chi connectivity index (χ3v) is 5.15. The fourth-order valence-corrected chi connectivity index (χ4v) is 3.35. The third-order valence-electron chi connectivity index (χ3n) is 4.30. The van der Waals surface area contributed by atoms with Gasteiger partial charge in [-0.1, -0.05) is 70.8 Å². The summed E-state index contributed by atoms with van der Waals surface area (Å²) in [6, 6.07) is 6.27. The minimum Gasteiger partial charge on any atom is -0.282 e. The highest BCUT2D eigenvalue weighted by molar-refractivity contribution is 7.85. The molecule has 0 amide bonds. The number of nitriles is 1. The smallest absolute Gasteiger partial charge is 0.282 e. The lowest BCUT2D eigenvalue weighted by Gasteiger charge is -2.06. The summed E-state index contributed by atoms with van der Waals surface area (Å²) in [4.78, 5) is -0.217. The van der Waals surface area contributed by atoms with Crippen LogP contribution in [-0.2, 0) is 16.5 Å². The van der Waals surface area contributed by atoms with E-state index in [4.69, 9.17) is 9.81 Å². The Balaban J connectivity index is 2.27. The minimum atomic E-state index is -4.25. The largest absolute Gasteiger partial charge is 0.294 e. The van der Waals surface area contributed by atoms with Crippen molar-refractivity contribution in [2.75, 3.05) is 0 Å². The highest BCUT2D eigenvalue weighted by atomic mass is 32.2. The van der Waals surface area contributed by atoms with Crippen molar-refractivity contribution in [3.05, 3.63) is 29.3 Å². The van der Waals surface area contributed by atoms with E-state index in [1.807, 2.05) is 6.07 Å². The van der Waals surface area contributed by atoms with Gasteiger partial charge in [-0.3, -0.25) is 4.55 Å². The number of hydrogen-bond acceptors (Lipinski definition) is 3. The van der Waals surface area contributed by atoms with Crippen LogP contribution in [-0.4, -0.2) is 13.0 Å². The van der Waals surface area contributed by atoms with Crippen molar-refractivity contribution >= 4 is 10.1 Å². The zero-order valence-corrected chi connectivity index (χ0v) is 15.4. The Kier molecular flexibility index (Phi) is 9.66. The normalized spacial score (nSPS) is 11.4. The summed E-state index contributed by atoms with van der Waals surface area (Å²) in [6.07, 6.45) is 13.3. The van der Waals surface area contributed by atoms with E-state index in [0.29, 0.717) is 5.56 Å². The maximum absolute atomic E-state index is 11.1. The molecule has 0 radical (unpaired) electrons. The monoisotopic (exact) mass is 351 g/mol. The van der Waals surface area contributed by atoms with Crippen LogP contribution in [0.4, 0.5) is 0 Å². The average molecular weight is 352 g/mol. The molecule has 1 rings (SSSR count). The van der Waals surface area contributed by atoms with Crippen LogP contribution in [0.15, 0.2) is 23.1 Å². The molecule has 0 fully saturated rings. The van der Waals surface area contributed by atoms with Gasteiger partial charge in [0.25, 0.3) is 10.1 Å². The first-order chi connectivity index (χ1) is 11.5. The number of rotatable bonds is 12. The molecule has 0 heterocycles. The molecular weight excluding hydrogens is 322 g/mol. The van der Waals surface area contributed by atoms with Gasteiger partial charge < -0.3 is 0 Å². The molecular formula is C19H29NO3S. The first kappa shape index (κ1) is 20.7. The lowest BCUT2D eigenvalue weighted by atomic mass is 10.0. The van der Waals surface area contributed by atoms with Crippen LogP contribution < -0.4 is 0 Å². The fourth-order valence-electron chi connectivity index (χ4n) is 2.84. The molecule has 0 aromatic heterocycles. The minimum absolute atomic E-state index is 0.217. The first-order valence-corrected chi connectivity index (χ1v) is 10.4. The summed E-state index contributed by atoms with van der Waals surface area (Å²) < 4.78 is 31.2. The molecule has 0 aliphatic carbocycles. The van der Waals surface area contributed by atoms with Gasteiger partial charge in [0, 0.05) is 0 Å². The third kappa shape index (κ3) is 7.94. The van der Waals surface area contributed by atoms with Gasteiger partial charge >= 0.3 is 0 Å². The van der Waals surface area contributed by atoms with E-state index in [-0.39, 0.29) is 4.90 Å². The standard InChI is InChI=1S/C19H29NO3S/c1-2-3-4-5-6-7-8-9-10-11-12-17-13-14-19(24(21,22)23)15-18(17)16-20/h13-15H,2-12H2,1H3,(H,21,22,23). The molecule has 0 spiro atoms. The van der Waals surface area contributed by atoms with Crippen molar-refractivity contribution in [1.29, 1.82) is 5.26 Å². The highest BCUT2D eigenvalue weighted by Gasteiger charge is 2.12. The highest BCUT2D eigenvalue weighted by Crippen LogP contribution is 2.18. The summed E-state index contributed by atoms with van der Waals surface area (Å²) in [5, 5.41) is 9.14. The molecule has 0 atom stereocenters. The Hall–Kier alpha value is -1.38. The Labute approximate surface area is 146 Å². The Bertz CT molecular complexity index is 633. The van der Waals surface area contributed by atoms with Gasteiger partial charge in [-0.05, 0) is 30.5 Å². The van der Waals surface area contributed by atoms with Crippen LogP contribution in [0, 0.1) is 11.3 Å². The predicted octanol–water partition coefficient (Wildman–Crippen LogP) is 5.27. The summed E-state index contributed by atoms with van der Waals surface area (Å²) in [7, 11) is -4.25. The second-order valence-corrected chi connectivity index (χ2v) is 7.76. The fraction of sp³-hybridized carbons (Fsp3) is 0.632. The molecule has 134 valence electrons. The molecule has 4 nitrogen and oxygen atoms in total. The van der Waals surface area contributed by atoms with Crippen LogP contribution in [0.1, 0.15) is 82.3 Å². The second-order valence-electron chi connectivity index (χ2n) is 6.34. The topological polar surface area (TPSA) is 78.2 Å². The molecule has 24 heavy (non-hydrogen) atoms. The summed E-state index contributed by atoms with van der Waals surface area (Å²) in [5.74, 6) is 0. The van der Waals surface area contributed by atoms with Crippen LogP contribution in [0.25, 0.3) is 0 Å². The summed E-state index contributed by atoms with van der Waals surface area (Å²) in [6.45, 7) is 2.23. The van der Waals surface area contributed by atoms with Crippen LogP contribution in [0.3, 0.4) is 0 Å². The van der Waals surface area contributed by atoms with Crippen LogP contribution in [0.5, 0.6) is 0 Å². The zero-order chi connectivity index (χ0) is 17.8. The van der Waals surface area contributed by atoms with E-state index in [0.717, 1.165) is 24.8 Å². The molecule has 0 saturated carbocycles. The molecule has 1 aromatic rings. The maximum atomic E-state index is 11.1. The van der Waals surface area contributed by atoms with Gasteiger partial charge in [0.15, 0.2) is 0 Å². The van der Waals surface area contributed by atoms with Gasteiger partial charge in [0.2, 0.25) is 0 Å². The molecule has 5 heteroatoms. The molecule has 0 aliphatic rings. The molecule has 1 N–H and O–H groups in total. The van der Waals surface area contributed by atoms with Gasteiger partial charge in [-0.15, -0.1) is 0 Å². The van der Waals surface area contributed by atoms with Crippen molar-refractivity contribution < 1.29 is 13.0 Å². The van der Waals surface area contributed by atoms with E-state index < -0.39 is 10.1 Å². The van der Waals surface area contributed by atoms with E-state index in [2.05, 4.69) is 6.92 Å². The van der Waals surface area contributed by atoms with Gasteiger partial charge in [-0.2, -0.15) is 13.7 Å². The van der Waals surface area contributed by atoms with Crippen molar-refractivity contribution in [1.82, 2.24) is 0 Å². The zero-order valence-electron chi connectivity index (χ0n) is 14.6. The van der Waals surface area contributed by atoms with Crippen LogP contribution in [0.2, 0.25) is 0 Å². The van der Waals surface area contributed by atoms with E-state index in [9.17, 15) is 8.42 Å². The van der Waals surface area contributed by atoms with E-state index in [1.165, 1.54) is 63.5 Å². The molecule has 0 bridgehead atoms. The number of aryl methyl sites for hydroxylation is 1. The number of hydrogen-bond donors (Lipinski definition) is 1. The number of nitrogens with zero attached hydrogens (tertiary/aromatic N) is 1. The summed E-state index contributed by atoms with van der Waals surface area (Å²) in [5.41, 5.74) is 1.19. The Morgan fingerprint density at radius 3 is 2.00 bits per heavy atom. The van der Waals surface area contributed by atoms with Gasteiger partial charge in [0.1, 0.15) is 0 Å². The molecule has 1 aromatic carbocycles. The van der Waals surface area contributed by atoms with Crippen molar-refractivity contribution in [3.8, 4) is 6.07 Å². The van der Waals surface area contributed by atoms with E-state index in [1.54, 1.807) is 6.07 Å².